The van der Waals surface area contributed by atoms with Crippen molar-refractivity contribution >= 4 is 38.6 Å². The van der Waals surface area contributed by atoms with Crippen LogP contribution in [-0.4, -0.2) is 9.97 Å². The third-order valence-corrected chi connectivity index (χ3v) is 10.1. The van der Waals surface area contributed by atoms with E-state index in [1.807, 2.05) is 12.4 Å². The zero-order valence-corrected chi connectivity index (χ0v) is 28.4. The van der Waals surface area contributed by atoms with E-state index in [0.29, 0.717) is 0 Å². The number of anilines is 3. The summed E-state index contributed by atoms with van der Waals surface area (Å²) in [6.45, 7) is 9.24. The number of fused-ring (bicyclic) bond motifs is 4. The first-order valence-corrected chi connectivity index (χ1v) is 15.6. The van der Waals surface area contributed by atoms with Crippen LogP contribution in [0.1, 0.15) is 49.9 Å². The van der Waals surface area contributed by atoms with E-state index in [-0.39, 0.29) is 31.9 Å². The van der Waals surface area contributed by atoms with Gasteiger partial charge in [-0.1, -0.05) is 82.3 Å². The normalized spacial score (nSPS) is 14.7. The standard InChI is InChI=1S/C42H31N3.Pt/c1-41(2)33-18-16-29(24-31(33)39-37-26(20-22-43-39)10-8-14-35(37)41)45(28-12-6-5-7-13-28)30-17-19-34-32(25-30)40-38-27(21-23-44-40)11-9-15-36(38)42(34,3)4;/h5-23H,1-4H3;/q-2;+2. The molecule has 0 N–H and O–H groups in total. The van der Waals surface area contributed by atoms with Gasteiger partial charge < -0.3 is 14.9 Å². The van der Waals surface area contributed by atoms with Gasteiger partial charge in [0.2, 0.25) is 0 Å². The summed E-state index contributed by atoms with van der Waals surface area (Å²) in [7, 11) is 0. The van der Waals surface area contributed by atoms with E-state index < -0.39 is 0 Å². The van der Waals surface area contributed by atoms with Crippen LogP contribution in [0.2, 0.25) is 0 Å². The first-order chi connectivity index (χ1) is 21.8. The zero-order valence-electron chi connectivity index (χ0n) is 26.1. The second kappa shape index (κ2) is 10.2. The number of rotatable bonds is 3. The predicted molar refractivity (Wildman–Crippen MR) is 185 cm³/mol. The summed E-state index contributed by atoms with van der Waals surface area (Å²) in [6, 6.07) is 44.6. The molecule has 224 valence electrons. The molecule has 4 heteroatoms. The number of hydrogen-bond acceptors (Lipinski definition) is 3. The van der Waals surface area contributed by atoms with Crippen molar-refractivity contribution in [1.82, 2.24) is 9.97 Å². The second-order valence-corrected chi connectivity index (χ2v) is 13.3. The van der Waals surface area contributed by atoms with Crippen molar-refractivity contribution < 1.29 is 21.1 Å². The molecule has 0 amide bonds. The van der Waals surface area contributed by atoms with E-state index in [9.17, 15) is 0 Å². The quantitative estimate of drug-likeness (QED) is 0.168. The Kier molecular flexibility index (Phi) is 6.40. The van der Waals surface area contributed by atoms with E-state index in [1.165, 1.54) is 43.8 Å². The van der Waals surface area contributed by atoms with E-state index in [0.717, 1.165) is 39.6 Å². The van der Waals surface area contributed by atoms with Gasteiger partial charge in [-0.05, 0) is 90.5 Å². The van der Waals surface area contributed by atoms with Crippen LogP contribution in [0.4, 0.5) is 17.1 Å². The molecule has 2 aliphatic rings. The van der Waals surface area contributed by atoms with Gasteiger partial charge in [0.05, 0.1) is 0 Å². The zero-order chi connectivity index (χ0) is 30.5. The van der Waals surface area contributed by atoms with Gasteiger partial charge >= 0.3 is 21.1 Å². The Morgan fingerprint density at radius 2 is 0.978 bits per heavy atom. The van der Waals surface area contributed by atoms with Crippen LogP contribution in [0.5, 0.6) is 0 Å². The minimum atomic E-state index is -0.182. The molecular weight excluding hydrogens is 742 g/mol. The largest absolute Gasteiger partial charge is 2.00 e. The van der Waals surface area contributed by atoms with E-state index in [4.69, 9.17) is 9.97 Å². The van der Waals surface area contributed by atoms with Crippen molar-refractivity contribution in [1.29, 1.82) is 0 Å². The second-order valence-electron chi connectivity index (χ2n) is 13.3. The molecule has 0 fully saturated rings. The maximum Gasteiger partial charge on any atom is 2.00 e. The van der Waals surface area contributed by atoms with E-state index in [1.54, 1.807) is 0 Å². The van der Waals surface area contributed by atoms with Crippen LogP contribution >= 0.6 is 0 Å². The first-order valence-electron chi connectivity index (χ1n) is 15.6. The minimum absolute atomic E-state index is 0. The van der Waals surface area contributed by atoms with Gasteiger partial charge in [0.1, 0.15) is 0 Å². The van der Waals surface area contributed by atoms with Gasteiger partial charge in [0, 0.05) is 18.1 Å². The van der Waals surface area contributed by atoms with Gasteiger partial charge in [-0.2, -0.15) is 0 Å². The van der Waals surface area contributed by atoms with Crippen molar-refractivity contribution in [2.24, 2.45) is 0 Å². The summed E-state index contributed by atoms with van der Waals surface area (Å²) < 4.78 is 0. The predicted octanol–water partition coefficient (Wildman–Crippen LogP) is 10.5. The Hall–Kier alpha value is -4.59. The Morgan fingerprint density at radius 3 is 1.46 bits per heavy atom. The molecule has 0 aliphatic heterocycles. The molecule has 0 saturated heterocycles. The monoisotopic (exact) mass is 772 g/mol. The maximum absolute atomic E-state index is 4.94. The topological polar surface area (TPSA) is 29.0 Å². The molecule has 9 rings (SSSR count). The molecule has 46 heavy (non-hydrogen) atoms. The van der Waals surface area contributed by atoms with Crippen molar-refractivity contribution in [2.45, 2.75) is 38.5 Å². The fourth-order valence-corrected chi connectivity index (χ4v) is 7.80. The van der Waals surface area contributed by atoms with Crippen molar-refractivity contribution in [3.63, 3.8) is 0 Å². The Morgan fingerprint density at radius 1 is 0.500 bits per heavy atom. The fraction of sp³-hybridized carbons (Fsp3) is 0.143. The number of pyridine rings is 2. The number of nitrogens with zero attached hydrogens (tertiary/aromatic N) is 3. The minimum Gasteiger partial charge on any atom is -0.346 e. The molecule has 0 radical (unpaired) electrons. The van der Waals surface area contributed by atoms with Crippen LogP contribution in [0, 0.1) is 12.1 Å². The molecule has 0 unspecified atom stereocenters. The molecule has 3 nitrogen and oxygen atoms in total. The van der Waals surface area contributed by atoms with Crippen molar-refractivity contribution in [3.05, 3.63) is 150 Å². The fourth-order valence-electron chi connectivity index (χ4n) is 7.80. The molecule has 7 aromatic rings. The van der Waals surface area contributed by atoms with E-state index >= 15 is 0 Å². The molecule has 0 spiro atoms. The Labute approximate surface area is 284 Å². The summed E-state index contributed by atoms with van der Waals surface area (Å²) in [4.78, 5) is 12.1. The van der Waals surface area contributed by atoms with Gasteiger partial charge in [0.25, 0.3) is 0 Å². The number of benzene rings is 5. The van der Waals surface area contributed by atoms with Crippen LogP contribution in [0.3, 0.4) is 0 Å². The Bertz CT molecular complexity index is 2180. The third kappa shape index (κ3) is 3.94. The first kappa shape index (κ1) is 28.9. The van der Waals surface area contributed by atoms with Crippen LogP contribution in [0.25, 0.3) is 44.1 Å². The number of hydrogen-bond donors (Lipinski definition) is 0. The molecule has 0 bridgehead atoms. The van der Waals surface area contributed by atoms with Gasteiger partial charge in [-0.25, -0.2) is 0 Å². The van der Waals surface area contributed by atoms with Gasteiger partial charge in [-0.3, -0.25) is 0 Å². The molecular formula is C42H31N3Pt. The summed E-state index contributed by atoms with van der Waals surface area (Å²) in [5.74, 6) is 0. The molecule has 5 aromatic carbocycles. The van der Waals surface area contributed by atoms with Crippen molar-refractivity contribution in [3.8, 4) is 22.5 Å². The summed E-state index contributed by atoms with van der Waals surface area (Å²) >= 11 is 0. The van der Waals surface area contributed by atoms with Gasteiger partial charge in [-0.15, -0.1) is 58.7 Å². The van der Waals surface area contributed by atoms with Gasteiger partial charge in [0.15, 0.2) is 0 Å². The molecule has 0 atom stereocenters. The van der Waals surface area contributed by atoms with Crippen LogP contribution < -0.4 is 4.90 Å². The average Bonchev–Trinajstić information content (AvgIpc) is 3.06. The SMILES string of the molecule is CC1(C)c2ccc(N(c3[c-]c4c(cc3)C(C)(C)c3cccc5ccnc-4c35)c3ccccc3)[c-]c2-c2nccc3cccc1c23.[Pt+2]. The van der Waals surface area contributed by atoms with Crippen LogP contribution in [0.15, 0.2) is 116 Å². The third-order valence-electron chi connectivity index (χ3n) is 10.1. The smallest absolute Gasteiger partial charge is 0.346 e. The molecule has 0 saturated carbocycles. The van der Waals surface area contributed by atoms with Crippen molar-refractivity contribution in [2.75, 3.05) is 4.90 Å². The summed E-state index contributed by atoms with van der Waals surface area (Å²) in [5, 5.41) is 4.86. The molecule has 2 heterocycles. The average molecular weight is 773 g/mol. The van der Waals surface area contributed by atoms with E-state index in [2.05, 4.69) is 148 Å². The number of aromatic nitrogens is 2. The molecule has 2 aromatic heterocycles. The number of para-hydroxylation sites is 1. The maximum atomic E-state index is 4.94. The summed E-state index contributed by atoms with van der Waals surface area (Å²) in [6.07, 6.45) is 3.84. The van der Waals surface area contributed by atoms with Crippen LogP contribution in [-0.2, 0) is 31.9 Å². The Balaban J connectivity index is 0.00000312. The summed E-state index contributed by atoms with van der Waals surface area (Å²) in [5.41, 5.74) is 11.8. The molecule has 2 aliphatic carbocycles.